The van der Waals surface area contributed by atoms with E-state index in [0.29, 0.717) is 11.6 Å². The van der Waals surface area contributed by atoms with Gasteiger partial charge >= 0.3 is 0 Å². The van der Waals surface area contributed by atoms with Gasteiger partial charge in [0, 0.05) is 56.6 Å². The minimum absolute atomic E-state index is 0.543. The number of nitrogens with zero attached hydrogens (tertiary/aromatic N) is 4. The first-order valence-corrected chi connectivity index (χ1v) is 7.90. The normalized spacial score (nSPS) is 17.7. The lowest BCUT2D eigenvalue weighted by Crippen LogP contribution is -2.47. The Kier molecular flexibility index (Phi) is 4.66. The van der Waals surface area contributed by atoms with E-state index in [4.69, 9.17) is 11.6 Å². The summed E-state index contributed by atoms with van der Waals surface area (Å²) < 4.78 is 1.82. The van der Waals surface area contributed by atoms with E-state index in [1.54, 1.807) is 0 Å². The molecule has 1 fully saturated rings. The molecule has 0 spiro atoms. The largest absolute Gasteiger partial charge is 0.387 e. The Hall–Kier alpha value is -1.56. The number of piperazine rings is 1. The summed E-state index contributed by atoms with van der Waals surface area (Å²) in [5, 5.41) is 15.2. The Balaban J connectivity index is 1.55. The van der Waals surface area contributed by atoms with Gasteiger partial charge in [0.05, 0.1) is 18.0 Å². The lowest BCUT2D eigenvalue weighted by molar-refractivity contribution is 0.109. The average molecular weight is 321 g/mol. The maximum Gasteiger partial charge on any atom is 0.0931 e. The number of aryl methyl sites for hydroxylation is 1. The summed E-state index contributed by atoms with van der Waals surface area (Å²) in [7, 11) is 1.93. The zero-order valence-electron chi connectivity index (χ0n) is 12.7. The predicted molar refractivity (Wildman–Crippen MR) is 88.3 cm³/mol. The minimum Gasteiger partial charge on any atom is -0.387 e. The van der Waals surface area contributed by atoms with E-state index in [9.17, 15) is 5.11 Å². The van der Waals surface area contributed by atoms with E-state index in [2.05, 4.69) is 14.9 Å². The van der Waals surface area contributed by atoms with Crippen LogP contribution in [0.15, 0.2) is 36.7 Å². The molecular formula is C16H21ClN4O. The maximum atomic E-state index is 10.4. The molecular weight excluding hydrogens is 300 g/mol. The van der Waals surface area contributed by atoms with Gasteiger partial charge in [-0.05, 0) is 6.07 Å². The van der Waals surface area contributed by atoms with Crippen LogP contribution >= 0.6 is 11.6 Å². The molecule has 1 aliphatic rings. The van der Waals surface area contributed by atoms with Crippen molar-refractivity contribution in [1.82, 2.24) is 14.7 Å². The van der Waals surface area contributed by atoms with Crippen molar-refractivity contribution in [2.24, 2.45) is 7.05 Å². The third-order valence-electron chi connectivity index (χ3n) is 4.12. The molecule has 6 heteroatoms. The minimum atomic E-state index is -0.543. The van der Waals surface area contributed by atoms with Gasteiger partial charge < -0.3 is 10.0 Å². The monoisotopic (exact) mass is 320 g/mol. The van der Waals surface area contributed by atoms with Crippen LogP contribution in [-0.2, 0) is 7.05 Å². The second kappa shape index (κ2) is 6.69. The Morgan fingerprint density at radius 3 is 2.59 bits per heavy atom. The fraction of sp³-hybridized carbons (Fsp3) is 0.438. The third kappa shape index (κ3) is 3.43. The molecule has 1 saturated heterocycles. The second-order valence-electron chi connectivity index (χ2n) is 5.70. The highest BCUT2D eigenvalue weighted by Gasteiger charge is 2.21. The fourth-order valence-electron chi connectivity index (χ4n) is 2.85. The number of rotatable bonds is 4. The Morgan fingerprint density at radius 2 is 1.95 bits per heavy atom. The van der Waals surface area contributed by atoms with Crippen LogP contribution in [-0.4, -0.2) is 52.5 Å². The van der Waals surface area contributed by atoms with E-state index in [1.165, 1.54) is 0 Å². The number of aliphatic hydroxyl groups is 1. The van der Waals surface area contributed by atoms with E-state index < -0.39 is 6.10 Å². The topological polar surface area (TPSA) is 44.5 Å². The molecule has 1 atom stereocenters. The zero-order chi connectivity index (χ0) is 15.5. The van der Waals surface area contributed by atoms with Gasteiger partial charge in [-0.3, -0.25) is 9.58 Å². The van der Waals surface area contributed by atoms with Crippen LogP contribution in [0.4, 0.5) is 5.69 Å². The van der Waals surface area contributed by atoms with Crippen LogP contribution in [0.2, 0.25) is 5.02 Å². The zero-order valence-corrected chi connectivity index (χ0v) is 13.4. The summed E-state index contributed by atoms with van der Waals surface area (Å²) >= 11 is 6.15. The molecule has 1 aliphatic heterocycles. The first-order chi connectivity index (χ1) is 10.6. The highest BCUT2D eigenvalue weighted by atomic mass is 35.5. The molecule has 5 nitrogen and oxygen atoms in total. The standard InChI is InChI=1S/C16H21ClN4O/c1-19-11-13(10-18-19)21-8-6-20(7-9-21)12-16(22)14-4-2-3-5-15(14)17/h2-5,10-11,16,22H,6-9,12H2,1H3. The van der Waals surface area contributed by atoms with Crippen molar-refractivity contribution in [3.05, 3.63) is 47.2 Å². The molecule has 0 radical (unpaired) electrons. The van der Waals surface area contributed by atoms with Crippen molar-refractivity contribution in [3.63, 3.8) is 0 Å². The molecule has 0 bridgehead atoms. The van der Waals surface area contributed by atoms with Crippen LogP contribution in [0.25, 0.3) is 0 Å². The number of β-amino-alcohol motifs (C(OH)–C–C–N with tert-alkyl or cyclic N) is 1. The summed E-state index contributed by atoms with van der Waals surface area (Å²) in [6.45, 7) is 4.36. The Labute approximate surface area is 135 Å². The van der Waals surface area contributed by atoms with Crippen molar-refractivity contribution in [1.29, 1.82) is 0 Å². The average Bonchev–Trinajstić information content (AvgIpc) is 2.95. The Morgan fingerprint density at radius 1 is 1.23 bits per heavy atom. The SMILES string of the molecule is Cn1cc(N2CCN(CC(O)c3ccccc3Cl)CC2)cn1. The van der Waals surface area contributed by atoms with Gasteiger partial charge in [0.2, 0.25) is 0 Å². The number of aromatic nitrogens is 2. The van der Waals surface area contributed by atoms with Gasteiger partial charge in [0.25, 0.3) is 0 Å². The van der Waals surface area contributed by atoms with E-state index in [-0.39, 0.29) is 0 Å². The number of halogens is 1. The highest BCUT2D eigenvalue weighted by molar-refractivity contribution is 6.31. The number of benzene rings is 1. The van der Waals surface area contributed by atoms with E-state index in [1.807, 2.05) is 48.4 Å². The summed E-state index contributed by atoms with van der Waals surface area (Å²) in [4.78, 5) is 4.60. The van der Waals surface area contributed by atoms with Crippen LogP contribution in [0.3, 0.4) is 0 Å². The highest BCUT2D eigenvalue weighted by Crippen LogP contribution is 2.24. The van der Waals surface area contributed by atoms with E-state index >= 15 is 0 Å². The first kappa shape index (κ1) is 15.3. The van der Waals surface area contributed by atoms with Crippen molar-refractivity contribution < 1.29 is 5.11 Å². The van der Waals surface area contributed by atoms with Gasteiger partial charge in [-0.2, -0.15) is 5.10 Å². The van der Waals surface area contributed by atoms with Crippen molar-refractivity contribution in [3.8, 4) is 0 Å². The molecule has 0 aliphatic carbocycles. The summed E-state index contributed by atoms with van der Waals surface area (Å²) in [5.41, 5.74) is 1.97. The van der Waals surface area contributed by atoms with Gasteiger partial charge in [-0.1, -0.05) is 29.8 Å². The predicted octanol–water partition coefficient (Wildman–Crippen LogP) is 1.93. The van der Waals surface area contributed by atoms with E-state index in [0.717, 1.165) is 37.4 Å². The number of aliphatic hydroxyl groups excluding tert-OH is 1. The third-order valence-corrected chi connectivity index (χ3v) is 4.47. The number of anilines is 1. The molecule has 2 aromatic rings. The van der Waals surface area contributed by atoms with Crippen molar-refractivity contribution in [2.75, 3.05) is 37.6 Å². The molecule has 1 aromatic carbocycles. The summed E-state index contributed by atoms with van der Waals surface area (Å²) in [6, 6.07) is 7.50. The second-order valence-corrected chi connectivity index (χ2v) is 6.10. The molecule has 22 heavy (non-hydrogen) atoms. The quantitative estimate of drug-likeness (QED) is 0.935. The van der Waals surface area contributed by atoms with Crippen LogP contribution in [0.5, 0.6) is 0 Å². The molecule has 0 saturated carbocycles. The van der Waals surface area contributed by atoms with Crippen LogP contribution in [0, 0.1) is 0 Å². The molecule has 1 unspecified atom stereocenters. The van der Waals surface area contributed by atoms with Gasteiger partial charge in [0.15, 0.2) is 0 Å². The number of hydrogen-bond acceptors (Lipinski definition) is 4. The molecule has 1 N–H and O–H groups in total. The molecule has 3 rings (SSSR count). The summed E-state index contributed by atoms with van der Waals surface area (Å²) in [5.74, 6) is 0. The van der Waals surface area contributed by atoms with Gasteiger partial charge in [-0.15, -0.1) is 0 Å². The van der Waals surface area contributed by atoms with Crippen LogP contribution < -0.4 is 4.90 Å². The van der Waals surface area contributed by atoms with Gasteiger partial charge in [0.1, 0.15) is 0 Å². The first-order valence-electron chi connectivity index (χ1n) is 7.52. The maximum absolute atomic E-state index is 10.4. The van der Waals surface area contributed by atoms with Crippen LogP contribution in [0.1, 0.15) is 11.7 Å². The molecule has 1 aromatic heterocycles. The fourth-order valence-corrected chi connectivity index (χ4v) is 3.11. The summed E-state index contributed by atoms with van der Waals surface area (Å²) in [6.07, 6.45) is 3.39. The van der Waals surface area contributed by atoms with Crippen molar-refractivity contribution in [2.45, 2.75) is 6.10 Å². The molecule has 2 heterocycles. The lowest BCUT2D eigenvalue weighted by atomic mass is 10.1. The number of hydrogen-bond donors (Lipinski definition) is 1. The Bertz CT molecular complexity index is 622. The van der Waals surface area contributed by atoms with Gasteiger partial charge in [-0.25, -0.2) is 0 Å². The van der Waals surface area contributed by atoms with Crippen molar-refractivity contribution >= 4 is 17.3 Å². The smallest absolute Gasteiger partial charge is 0.0931 e. The molecule has 0 amide bonds. The molecule has 118 valence electrons. The lowest BCUT2D eigenvalue weighted by Gasteiger charge is -2.36.